The maximum absolute atomic E-state index is 0. The average Bonchev–Trinajstić information content (AvgIpc) is 0. The van der Waals surface area contributed by atoms with E-state index in [2.05, 4.69) is 0 Å². The first kappa shape index (κ1) is 23.4. The van der Waals surface area contributed by atoms with Crippen LogP contribution in [0.1, 0.15) is 0 Å². The zero-order valence-electron chi connectivity index (χ0n) is 1.90. The van der Waals surface area contributed by atoms with Crippen molar-refractivity contribution in [1.29, 1.82) is 0 Å². The van der Waals surface area contributed by atoms with Crippen LogP contribution >= 0.6 is 0 Å². The zero-order chi connectivity index (χ0) is 0. The Morgan fingerprint density at radius 3 is 1.00 bits per heavy atom. The van der Waals surface area contributed by atoms with E-state index < -0.39 is 0 Å². The molecule has 0 fully saturated rings. The molecule has 0 rings (SSSR count). The quantitative estimate of drug-likeness (QED) is 0.446. The zero-order valence-corrected chi connectivity index (χ0v) is 12.1. The van der Waals surface area contributed by atoms with E-state index in [9.17, 15) is 0 Å². The second-order valence-electron chi connectivity index (χ2n) is 0. The van der Waals surface area contributed by atoms with E-state index in [4.69, 9.17) is 0 Å². The Hall–Kier alpha value is 4.69. The Balaban J connectivity index is 0. The van der Waals surface area contributed by atoms with Crippen molar-refractivity contribution in [2.75, 3.05) is 0 Å². The molecular weight excluding hydrogens is 493 g/mol. The fourth-order valence-corrected chi connectivity index (χ4v) is 0. The van der Waals surface area contributed by atoms with E-state index in [1.165, 1.54) is 0 Å². The maximum Gasteiger partial charge on any atom is 0 e. The van der Waals surface area contributed by atoms with Gasteiger partial charge < -0.3 is 0 Å². The molecule has 0 aromatic carbocycles. The Bertz CT molecular complexity index is 8.00. The molecule has 0 aliphatic carbocycles. The van der Waals surface area contributed by atoms with Gasteiger partial charge in [0, 0.05) is 140 Å². The molecule has 0 atom stereocenters. The first-order valence-corrected chi connectivity index (χ1v) is 0. The van der Waals surface area contributed by atoms with Gasteiger partial charge in [-0.15, -0.1) is 0 Å². The Morgan fingerprint density at radius 2 is 1.00 bits per heavy atom. The molecule has 0 unspecified atom stereocenters. The molecule has 4 heavy (non-hydrogen) atoms. The van der Waals surface area contributed by atoms with Gasteiger partial charge in [0.05, 0.1) is 0 Å². The van der Waals surface area contributed by atoms with E-state index >= 15 is 0 Å². The van der Waals surface area contributed by atoms with Crippen molar-refractivity contribution in [2.45, 2.75) is 0 Å². The molecule has 0 saturated heterocycles. The van der Waals surface area contributed by atoms with Crippen molar-refractivity contribution < 1.29 is 140 Å². The summed E-state index contributed by atoms with van der Waals surface area (Å²) >= 11 is 0. The summed E-state index contributed by atoms with van der Waals surface area (Å²) in [7, 11) is 0. The van der Waals surface area contributed by atoms with Gasteiger partial charge >= 0.3 is 0 Å². The first-order valence-electron chi connectivity index (χ1n) is 0. The molecule has 0 aliphatic rings. The van der Waals surface area contributed by atoms with Crippen LogP contribution in [0.2, 0.25) is 0 Å². The molecule has 0 spiro atoms. The van der Waals surface area contributed by atoms with Gasteiger partial charge in [0.15, 0.2) is 0 Å². The van der Waals surface area contributed by atoms with Gasteiger partial charge in [-0.1, -0.05) is 0 Å². The normalized spacial score (nSPS) is 0. The molecule has 0 aliphatic heterocycles. The third-order valence-electron chi connectivity index (χ3n) is 0. The standard InChI is InChI=1S/La.Sc.Sm.Tb. The Kier molecular flexibility index (Phi) is 91.4. The summed E-state index contributed by atoms with van der Waals surface area (Å²) in [5.41, 5.74) is 0. The van der Waals surface area contributed by atoms with Gasteiger partial charge in [0.2, 0.25) is 0 Å². The molecule has 0 saturated carbocycles. The number of hydrogen-bond donors (Lipinski definition) is 0. The molecule has 21 valence electrons. The minimum absolute atomic E-state index is 0. The van der Waals surface area contributed by atoms with Gasteiger partial charge in [-0.2, -0.15) is 0 Å². The van der Waals surface area contributed by atoms with E-state index in [0.29, 0.717) is 0 Å². The summed E-state index contributed by atoms with van der Waals surface area (Å²) in [5, 5.41) is 0. The topological polar surface area (TPSA) is 0 Å². The van der Waals surface area contributed by atoms with Crippen LogP contribution < -0.4 is 0 Å². The summed E-state index contributed by atoms with van der Waals surface area (Å²) in [6.45, 7) is 0. The molecule has 0 aromatic rings. The molecule has 4 heteroatoms. The van der Waals surface area contributed by atoms with E-state index in [0.717, 1.165) is 0 Å². The van der Waals surface area contributed by atoms with Gasteiger partial charge in [-0.3, -0.25) is 0 Å². The molecule has 0 N–H and O–H groups in total. The van der Waals surface area contributed by atoms with Crippen LogP contribution in [0.3, 0.4) is 0 Å². The maximum atomic E-state index is 0. The summed E-state index contributed by atoms with van der Waals surface area (Å²) < 4.78 is 0. The van der Waals surface area contributed by atoms with Crippen LogP contribution in [0.25, 0.3) is 0 Å². The second kappa shape index (κ2) is 15.6. The monoisotopic (exact) mass is 495 g/mol. The van der Waals surface area contributed by atoms with Crippen molar-refractivity contribution >= 4 is 0 Å². The van der Waals surface area contributed by atoms with Crippen LogP contribution in [-0.4, -0.2) is 0 Å². The number of hydrogen-bond acceptors (Lipinski definition) is 0. The third kappa shape index (κ3) is 9.85. The molecule has 0 heterocycles. The van der Waals surface area contributed by atoms with Crippen LogP contribution in [0, 0.1) is 115 Å². The summed E-state index contributed by atoms with van der Waals surface area (Å²) in [6.07, 6.45) is 0. The molecule has 0 bridgehead atoms. The van der Waals surface area contributed by atoms with Crippen LogP contribution in [0.15, 0.2) is 0 Å². The summed E-state index contributed by atoms with van der Waals surface area (Å²) in [4.78, 5) is 0. The van der Waals surface area contributed by atoms with Crippen LogP contribution in [0.5, 0.6) is 0 Å². The van der Waals surface area contributed by atoms with Gasteiger partial charge in [-0.25, -0.2) is 0 Å². The van der Waals surface area contributed by atoms with Gasteiger partial charge in [0.1, 0.15) is 0 Å². The first-order chi connectivity index (χ1) is 0. The summed E-state index contributed by atoms with van der Waals surface area (Å²) in [5.74, 6) is 0. The molecular formula is LaScSmTb. The van der Waals surface area contributed by atoms with Crippen molar-refractivity contribution in [3.05, 3.63) is 0 Å². The smallest absolute Gasteiger partial charge is 0 e. The van der Waals surface area contributed by atoms with Crippen molar-refractivity contribution in [1.82, 2.24) is 0 Å². The Morgan fingerprint density at radius 1 is 1.00 bits per heavy atom. The predicted molar refractivity (Wildman–Crippen MR) is 0 cm³/mol. The second-order valence-corrected chi connectivity index (χ2v) is 0. The van der Waals surface area contributed by atoms with Crippen molar-refractivity contribution in [2.24, 2.45) is 0 Å². The van der Waals surface area contributed by atoms with E-state index in [-0.39, 0.29) is 140 Å². The van der Waals surface area contributed by atoms with Crippen molar-refractivity contribution in [3.8, 4) is 0 Å². The van der Waals surface area contributed by atoms with E-state index in [1.807, 2.05) is 0 Å². The largest absolute Gasteiger partial charge is 0 e. The fraction of sp³-hybridized carbons (Fsp3) is 0. The SMILES string of the molecule is [La].[Sc].[Sm].[Tb]. The minimum Gasteiger partial charge on any atom is 0 e. The van der Waals surface area contributed by atoms with Gasteiger partial charge in [-0.05, 0) is 0 Å². The molecule has 0 amide bonds. The fourth-order valence-electron chi connectivity index (χ4n) is 0. The predicted octanol–water partition coefficient (Wildman–Crippen LogP) is -0.00250. The third-order valence-corrected chi connectivity index (χ3v) is 0. The molecule has 3 radical (unpaired) electrons. The van der Waals surface area contributed by atoms with Crippen LogP contribution in [0.4, 0.5) is 0 Å². The molecule has 0 nitrogen and oxygen atoms in total. The Labute approximate surface area is 136 Å². The summed E-state index contributed by atoms with van der Waals surface area (Å²) in [6, 6.07) is 0. The van der Waals surface area contributed by atoms with Crippen molar-refractivity contribution in [3.63, 3.8) is 0 Å². The van der Waals surface area contributed by atoms with E-state index in [1.54, 1.807) is 0 Å². The minimum atomic E-state index is 0. The van der Waals surface area contributed by atoms with Gasteiger partial charge in [0.25, 0.3) is 0 Å². The van der Waals surface area contributed by atoms with Crippen LogP contribution in [-0.2, 0) is 25.8 Å². The number of rotatable bonds is 0. The average molecular weight is 493 g/mol. The molecule has 0 aromatic heterocycles.